The number of alkyl halides is 2. The fourth-order valence-corrected chi connectivity index (χ4v) is 2.81. The average molecular weight is 430 g/mol. The Morgan fingerprint density at radius 2 is 1.64 bits per heavy atom. The molecule has 7 nitrogen and oxygen atoms in total. The van der Waals surface area contributed by atoms with E-state index < -0.39 is 23.4 Å². The van der Waals surface area contributed by atoms with Crippen molar-refractivity contribution in [2.24, 2.45) is 0 Å². The molecule has 11 heteroatoms. The number of rotatable bonds is 5. The van der Waals surface area contributed by atoms with Gasteiger partial charge in [-0.25, -0.2) is 13.6 Å². The first-order valence-corrected chi connectivity index (χ1v) is 8.38. The predicted octanol–water partition coefficient (Wildman–Crippen LogP) is 3.97. The van der Waals surface area contributed by atoms with Crippen molar-refractivity contribution in [3.63, 3.8) is 0 Å². The number of halogens is 4. The van der Waals surface area contributed by atoms with Gasteiger partial charge in [-0.3, -0.25) is 9.78 Å². The van der Waals surface area contributed by atoms with E-state index in [1.807, 2.05) is 0 Å². The third-order valence-corrected chi connectivity index (χ3v) is 4.13. The summed E-state index contributed by atoms with van der Waals surface area (Å²) in [6.07, 6.45) is -3.17. The molecule has 146 valence electrons. The van der Waals surface area contributed by atoms with Crippen molar-refractivity contribution >= 4 is 23.2 Å². The molecule has 1 N–H and O–H groups in total. The summed E-state index contributed by atoms with van der Waals surface area (Å²) < 4.78 is 37.0. The van der Waals surface area contributed by atoms with E-state index >= 15 is 0 Å². The lowest BCUT2D eigenvalue weighted by atomic mass is 10.3. The maximum absolute atomic E-state index is 12.9. The standard InChI is InChI=1S/C17H11Cl2F2N3O4/c1-27-9-2-4-10(5-3-9)28-14-11(18)6-8(7-12(14)19)24-17(26)22-16(25)13(23-24)15(20)21/h2-7,15H,1H3,(H,22,25,26). The van der Waals surface area contributed by atoms with Crippen LogP contribution in [0.15, 0.2) is 46.0 Å². The lowest BCUT2D eigenvalue weighted by Crippen LogP contribution is -2.34. The van der Waals surface area contributed by atoms with Gasteiger partial charge >= 0.3 is 5.69 Å². The van der Waals surface area contributed by atoms with Crippen molar-refractivity contribution < 1.29 is 18.3 Å². The summed E-state index contributed by atoms with van der Waals surface area (Å²) in [5.74, 6) is 1.12. The molecule has 0 saturated carbocycles. The van der Waals surface area contributed by atoms with E-state index in [1.54, 1.807) is 29.2 Å². The van der Waals surface area contributed by atoms with Crippen LogP contribution in [0.25, 0.3) is 5.69 Å². The topological polar surface area (TPSA) is 86.2 Å². The summed E-state index contributed by atoms with van der Waals surface area (Å²) in [6, 6.07) is 9.08. The van der Waals surface area contributed by atoms with Crippen LogP contribution in [0.2, 0.25) is 10.0 Å². The molecule has 0 radical (unpaired) electrons. The Morgan fingerprint density at radius 3 is 2.18 bits per heavy atom. The first kappa shape index (κ1) is 19.8. The summed E-state index contributed by atoms with van der Waals surface area (Å²) in [5, 5.41) is 3.39. The molecule has 0 saturated heterocycles. The maximum atomic E-state index is 12.9. The number of nitrogens with one attached hydrogen (secondary N) is 1. The number of hydrogen-bond acceptors (Lipinski definition) is 5. The number of methoxy groups -OCH3 is 1. The minimum Gasteiger partial charge on any atom is -0.497 e. The third-order valence-electron chi connectivity index (χ3n) is 3.57. The van der Waals surface area contributed by atoms with Gasteiger partial charge in [-0.05, 0) is 36.4 Å². The fourth-order valence-electron chi connectivity index (χ4n) is 2.26. The molecule has 0 unspecified atom stereocenters. The van der Waals surface area contributed by atoms with Gasteiger partial charge in [-0.1, -0.05) is 23.2 Å². The first-order valence-electron chi connectivity index (χ1n) is 7.63. The van der Waals surface area contributed by atoms with Crippen molar-refractivity contribution in [2.75, 3.05) is 7.11 Å². The molecule has 1 heterocycles. The van der Waals surface area contributed by atoms with Gasteiger partial charge in [0.15, 0.2) is 11.4 Å². The molecule has 0 aliphatic carbocycles. The minimum absolute atomic E-state index is 0.00295. The molecule has 2 aromatic carbocycles. The Bertz CT molecular complexity index is 1110. The number of ether oxygens (including phenoxy) is 2. The Kier molecular flexibility index (Phi) is 5.66. The van der Waals surface area contributed by atoms with Gasteiger partial charge in [0.1, 0.15) is 11.5 Å². The van der Waals surface area contributed by atoms with E-state index in [0.717, 1.165) is 0 Å². The molecular formula is C17H11Cl2F2N3O4. The quantitative estimate of drug-likeness (QED) is 0.662. The van der Waals surface area contributed by atoms with E-state index in [-0.39, 0.29) is 21.5 Å². The molecule has 3 rings (SSSR count). The largest absolute Gasteiger partial charge is 0.497 e. The van der Waals surface area contributed by atoms with Gasteiger partial charge in [0.05, 0.1) is 22.8 Å². The highest BCUT2D eigenvalue weighted by Crippen LogP contribution is 2.38. The monoisotopic (exact) mass is 429 g/mol. The van der Waals surface area contributed by atoms with Crippen LogP contribution in [0.3, 0.4) is 0 Å². The molecule has 0 aliphatic rings. The number of nitrogens with zero attached hydrogens (tertiary/aromatic N) is 2. The minimum atomic E-state index is -3.17. The van der Waals surface area contributed by atoms with Gasteiger partial charge in [0.25, 0.3) is 12.0 Å². The van der Waals surface area contributed by atoms with Gasteiger partial charge in [0, 0.05) is 0 Å². The predicted molar refractivity (Wildman–Crippen MR) is 98.5 cm³/mol. The smallest absolute Gasteiger partial charge is 0.349 e. The van der Waals surface area contributed by atoms with E-state index in [4.69, 9.17) is 32.7 Å². The lowest BCUT2D eigenvalue weighted by Gasteiger charge is -2.12. The fraction of sp³-hybridized carbons (Fsp3) is 0.118. The second-order valence-corrected chi connectivity index (χ2v) is 6.19. The Hall–Kier alpha value is -2.91. The van der Waals surface area contributed by atoms with Crippen molar-refractivity contribution in [2.45, 2.75) is 6.43 Å². The zero-order valence-corrected chi connectivity index (χ0v) is 15.6. The summed E-state index contributed by atoms with van der Waals surface area (Å²) in [7, 11) is 1.52. The van der Waals surface area contributed by atoms with Gasteiger partial charge in [0.2, 0.25) is 0 Å². The van der Waals surface area contributed by atoms with Crippen LogP contribution in [-0.4, -0.2) is 21.9 Å². The van der Waals surface area contributed by atoms with Gasteiger partial charge in [-0.2, -0.15) is 9.78 Å². The molecule has 0 atom stereocenters. The van der Waals surface area contributed by atoms with Crippen LogP contribution in [-0.2, 0) is 0 Å². The molecule has 3 aromatic rings. The Labute approximate surface area is 166 Å². The molecule has 0 bridgehead atoms. The van der Waals surface area contributed by atoms with E-state index in [2.05, 4.69) is 5.10 Å². The molecule has 1 aromatic heterocycles. The number of aromatic amines is 1. The summed E-state index contributed by atoms with van der Waals surface area (Å²) in [4.78, 5) is 25.1. The van der Waals surface area contributed by atoms with E-state index in [1.165, 1.54) is 19.2 Å². The number of H-pyrrole nitrogens is 1. The number of hydrogen-bond donors (Lipinski definition) is 1. The molecule has 0 amide bonds. The highest BCUT2D eigenvalue weighted by atomic mass is 35.5. The van der Waals surface area contributed by atoms with Crippen molar-refractivity contribution in [3.8, 4) is 22.9 Å². The zero-order chi connectivity index (χ0) is 20.4. The van der Waals surface area contributed by atoms with Crippen LogP contribution in [0.5, 0.6) is 17.2 Å². The van der Waals surface area contributed by atoms with Gasteiger partial charge < -0.3 is 9.47 Å². The lowest BCUT2D eigenvalue weighted by molar-refractivity contribution is 0.141. The maximum Gasteiger partial charge on any atom is 0.349 e. The van der Waals surface area contributed by atoms with E-state index in [0.29, 0.717) is 16.2 Å². The second-order valence-electron chi connectivity index (χ2n) is 5.37. The van der Waals surface area contributed by atoms with Crippen LogP contribution >= 0.6 is 23.2 Å². The van der Waals surface area contributed by atoms with Crippen molar-refractivity contribution in [1.29, 1.82) is 0 Å². The first-order chi connectivity index (χ1) is 13.3. The van der Waals surface area contributed by atoms with Crippen LogP contribution < -0.4 is 20.7 Å². The second kappa shape index (κ2) is 7.99. The molecule has 28 heavy (non-hydrogen) atoms. The average Bonchev–Trinajstić information content (AvgIpc) is 2.64. The molecule has 0 spiro atoms. The summed E-state index contributed by atoms with van der Waals surface area (Å²) >= 11 is 12.4. The van der Waals surface area contributed by atoms with Crippen LogP contribution in [0.1, 0.15) is 12.1 Å². The highest BCUT2D eigenvalue weighted by molar-refractivity contribution is 6.37. The summed E-state index contributed by atoms with van der Waals surface area (Å²) in [6.45, 7) is 0. The SMILES string of the molecule is COc1ccc(Oc2c(Cl)cc(-n3nc(C(F)F)c(=O)[nH]c3=O)cc2Cl)cc1. The third kappa shape index (κ3) is 4.00. The normalized spacial score (nSPS) is 10.9. The van der Waals surface area contributed by atoms with Crippen molar-refractivity contribution in [1.82, 2.24) is 14.8 Å². The highest BCUT2D eigenvalue weighted by Gasteiger charge is 2.19. The van der Waals surface area contributed by atoms with Gasteiger partial charge in [-0.15, -0.1) is 0 Å². The van der Waals surface area contributed by atoms with Crippen LogP contribution in [0, 0.1) is 0 Å². The molecular weight excluding hydrogens is 419 g/mol. The van der Waals surface area contributed by atoms with E-state index in [9.17, 15) is 18.4 Å². The summed E-state index contributed by atoms with van der Waals surface area (Å²) in [5.41, 5.74) is -3.43. The number of aromatic nitrogens is 3. The Balaban J connectivity index is 2.01. The molecule has 0 fully saturated rings. The van der Waals surface area contributed by atoms with Crippen LogP contribution in [0.4, 0.5) is 8.78 Å². The van der Waals surface area contributed by atoms with Crippen molar-refractivity contribution in [3.05, 3.63) is 73.0 Å². The Morgan fingerprint density at radius 1 is 1.07 bits per heavy atom. The zero-order valence-electron chi connectivity index (χ0n) is 14.1. The number of benzene rings is 2. The molecule has 0 aliphatic heterocycles.